The standard InChI is InChI=1S/C8H10FNS/c1-10(6-3-5-9)8-4-2-7-11-8/h2-5,7H,6H2,1H3/b5-3+. The van der Waals surface area contributed by atoms with Crippen molar-refractivity contribution in [2.75, 3.05) is 18.5 Å². The lowest BCUT2D eigenvalue weighted by Gasteiger charge is -2.13. The molecule has 60 valence electrons. The van der Waals surface area contributed by atoms with Crippen molar-refractivity contribution in [3.8, 4) is 0 Å². The Kier molecular flexibility index (Phi) is 3.11. The second-order valence-corrected chi connectivity index (χ2v) is 3.12. The van der Waals surface area contributed by atoms with E-state index in [4.69, 9.17) is 0 Å². The Morgan fingerprint density at radius 2 is 2.55 bits per heavy atom. The van der Waals surface area contributed by atoms with Crippen molar-refractivity contribution in [3.05, 3.63) is 29.9 Å². The number of thiophene rings is 1. The van der Waals surface area contributed by atoms with Gasteiger partial charge in [-0.05, 0) is 23.6 Å². The second-order valence-electron chi connectivity index (χ2n) is 2.19. The number of nitrogens with zero attached hydrogens (tertiary/aromatic N) is 1. The van der Waals surface area contributed by atoms with Crippen molar-refractivity contribution in [2.45, 2.75) is 0 Å². The summed E-state index contributed by atoms with van der Waals surface area (Å²) in [5.41, 5.74) is 0. The van der Waals surface area contributed by atoms with Gasteiger partial charge in [-0.15, -0.1) is 11.3 Å². The van der Waals surface area contributed by atoms with Crippen molar-refractivity contribution < 1.29 is 4.39 Å². The fourth-order valence-corrected chi connectivity index (χ4v) is 1.48. The average molecular weight is 171 g/mol. The van der Waals surface area contributed by atoms with Crippen LogP contribution in [-0.2, 0) is 0 Å². The minimum absolute atomic E-state index is 0.574. The molecule has 0 amide bonds. The summed E-state index contributed by atoms with van der Waals surface area (Å²) in [4.78, 5) is 1.99. The Morgan fingerprint density at radius 1 is 1.73 bits per heavy atom. The van der Waals surface area contributed by atoms with Crippen LogP contribution in [0.15, 0.2) is 29.9 Å². The molecule has 0 saturated heterocycles. The zero-order valence-corrected chi connectivity index (χ0v) is 7.14. The van der Waals surface area contributed by atoms with Crippen molar-refractivity contribution in [1.29, 1.82) is 0 Å². The first-order valence-corrected chi connectivity index (χ1v) is 4.22. The first kappa shape index (κ1) is 8.27. The van der Waals surface area contributed by atoms with Crippen molar-refractivity contribution in [1.82, 2.24) is 0 Å². The molecule has 1 aromatic rings. The Hall–Kier alpha value is -0.830. The lowest BCUT2D eigenvalue weighted by Crippen LogP contribution is -2.14. The van der Waals surface area contributed by atoms with E-state index in [0.29, 0.717) is 12.9 Å². The molecule has 0 N–H and O–H groups in total. The number of halogens is 1. The molecule has 1 heterocycles. The number of anilines is 1. The third-order valence-corrected chi connectivity index (χ3v) is 2.33. The highest BCUT2D eigenvalue weighted by molar-refractivity contribution is 7.14. The fraction of sp³-hybridized carbons (Fsp3) is 0.250. The molecule has 0 aliphatic rings. The summed E-state index contributed by atoms with van der Waals surface area (Å²) in [5.74, 6) is 0. The van der Waals surface area contributed by atoms with Gasteiger partial charge in [-0.25, -0.2) is 4.39 Å². The minimum Gasteiger partial charge on any atom is -0.363 e. The zero-order valence-electron chi connectivity index (χ0n) is 6.33. The molecular formula is C8H10FNS. The third kappa shape index (κ3) is 2.35. The van der Waals surface area contributed by atoms with Crippen LogP contribution >= 0.6 is 11.3 Å². The van der Waals surface area contributed by atoms with Gasteiger partial charge in [0.2, 0.25) is 0 Å². The van der Waals surface area contributed by atoms with Gasteiger partial charge in [0.05, 0.1) is 11.3 Å². The molecule has 0 spiro atoms. The van der Waals surface area contributed by atoms with Gasteiger partial charge in [0.1, 0.15) is 0 Å². The summed E-state index contributed by atoms with van der Waals surface area (Å²) in [7, 11) is 1.94. The summed E-state index contributed by atoms with van der Waals surface area (Å²) in [6.45, 7) is 0.622. The Bertz CT molecular complexity index is 218. The number of likely N-dealkylation sites (N-methyl/N-ethyl adjacent to an activating group) is 1. The average Bonchev–Trinajstić information content (AvgIpc) is 2.52. The molecule has 11 heavy (non-hydrogen) atoms. The molecule has 1 aromatic heterocycles. The van der Waals surface area contributed by atoms with E-state index in [1.165, 1.54) is 6.08 Å². The number of rotatable bonds is 3. The summed E-state index contributed by atoms with van der Waals surface area (Å²) in [6.07, 6.45) is 2.06. The van der Waals surface area contributed by atoms with Gasteiger partial charge in [-0.2, -0.15) is 0 Å². The molecule has 1 nitrogen and oxygen atoms in total. The van der Waals surface area contributed by atoms with Crippen molar-refractivity contribution in [3.63, 3.8) is 0 Å². The molecule has 3 heteroatoms. The van der Waals surface area contributed by atoms with E-state index in [9.17, 15) is 4.39 Å². The van der Waals surface area contributed by atoms with Crippen molar-refractivity contribution >= 4 is 16.3 Å². The number of hydrogen-bond donors (Lipinski definition) is 0. The molecule has 0 aromatic carbocycles. The van der Waals surface area contributed by atoms with Gasteiger partial charge >= 0.3 is 0 Å². The van der Waals surface area contributed by atoms with Crippen LogP contribution in [0.25, 0.3) is 0 Å². The third-order valence-electron chi connectivity index (χ3n) is 1.35. The summed E-state index contributed by atoms with van der Waals surface area (Å²) < 4.78 is 11.6. The Labute approximate surface area is 69.8 Å². The Morgan fingerprint density at radius 3 is 3.09 bits per heavy atom. The van der Waals surface area contributed by atoms with E-state index in [1.54, 1.807) is 11.3 Å². The molecule has 0 fully saturated rings. The van der Waals surface area contributed by atoms with E-state index in [2.05, 4.69) is 0 Å². The van der Waals surface area contributed by atoms with Crippen LogP contribution < -0.4 is 4.90 Å². The summed E-state index contributed by atoms with van der Waals surface area (Å²) in [6, 6.07) is 3.99. The molecule has 0 atom stereocenters. The van der Waals surface area contributed by atoms with Crippen molar-refractivity contribution in [2.24, 2.45) is 0 Å². The van der Waals surface area contributed by atoms with E-state index in [1.807, 2.05) is 29.5 Å². The lowest BCUT2D eigenvalue weighted by atomic mass is 10.5. The molecular weight excluding hydrogens is 161 g/mol. The SMILES string of the molecule is CN(C/C=C/F)c1cccs1. The molecule has 0 aliphatic carbocycles. The number of hydrogen-bond acceptors (Lipinski definition) is 2. The van der Waals surface area contributed by atoms with Gasteiger partial charge in [0.25, 0.3) is 0 Å². The van der Waals surface area contributed by atoms with E-state index in [0.717, 1.165) is 5.00 Å². The predicted octanol–water partition coefficient (Wildman–Crippen LogP) is 2.67. The van der Waals surface area contributed by atoms with Gasteiger partial charge in [-0.1, -0.05) is 0 Å². The first-order chi connectivity index (χ1) is 5.34. The van der Waals surface area contributed by atoms with Gasteiger partial charge in [-0.3, -0.25) is 0 Å². The van der Waals surface area contributed by atoms with Crippen LogP contribution in [0, 0.1) is 0 Å². The summed E-state index contributed by atoms with van der Waals surface area (Å²) >= 11 is 1.65. The van der Waals surface area contributed by atoms with E-state index < -0.39 is 0 Å². The quantitative estimate of drug-likeness (QED) is 0.675. The van der Waals surface area contributed by atoms with Crippen LogP contribution in [0.2, 0.25) is 0 Å². The summed E-state index contributed by atoms with van der Waals surface area (Å²) in [5, 5.41) is 3.16. The molecule has 0 bridgehead atoms. The molecule has 0 saturated carbocycles. The second kappa shape index (κ2) is 4.13. The largest absolute Gasteiger partial charge is 0.363 e. The van der Waals surface area contributed by atoms with Crippen LogP contribution in [-0.4, -0.2) is 13.6 Å². The van der Waals surface area contributed by atoms with E-state index >= 15 is 0 Å². The van der Waals surface area contributed by atoms with Gasteiger partial charge in [0.15, 0.2) is 0 Å². The lowest BCUT2D eigenvalue weighted by molar-refractivity contribution is 0.716. The molecule has 0 radical (unpaired) electrons. The maximum atomic E-state index is 11.6. The minimum atomic E-state index is 0.574. The van der Waals surface area contributed by atoms with Crippen LogP contribution in [0.1, 0.15) is 0 Å². The van der Waals surface area contributed by atoms with Crippen LogP contribution in [0.3, 0.4) is 0 Å². The normalized spacial score (nSPS) is 10.7. The molecule has 0 unspecified atom stereocenters. The highest BCUT2D eigenvalue weighted by atomic mass is 32.1. The monoisotopic (exact) mass is 171 g/mol. The van der Waals surface area contributed by atoms with Gasteiger partial charge in [0, 0.05) is 13.6 Å². The van der Waals surface area contributed by atoms with Gasteiger partial charge < -0.3 is 4.90 Å². The highest BCUT2D eigenvalue weighted by Gasteiger charge is 1.96. The molecule has 0 aliphatic heterocycles. The maximum Gasteiger partial charge on any atom is 0.0908 e. The molecule has 1 rings (SSSR count). The van der Waals surface area contributed by atoms with Crippen LogP contribution in [0.5, 0.6) is 0 Å². The Balaban J connectivity index is 2.49. The van der Waals surface area contributed by atoms with E-state index in [-0.39, 0.29) is 0 Å². The predicted molar refractivity (Wildman–Crippen MR) is 47.8 cm³/mol. The first-order valence-electron chi connectivity index (χ1n) is 3.34. The fourth-order valence-electron chi connectivity index (χ4n) is 0.775. The maximum absolute atomic E-state index is 11.6. The topological polar surface area (TPSA) is 3.24 Å². The smallest absolute Gasteiger partial charge is 0.0908 e. The van der Waals surface area contributed by atoms with Crippen LogP contribution in [0.4, 0.5) is 9.39 Å². The zero-order chi connectivity index (χ0) is 8.10. The highest BCUT2D eigenvalue weighted by Crippen LogP contribution is 2.18.